The smallest absolute Gasteiger partial charge is 0.234 e. The van der Waals surface area contributed by atoms with Gasteiger partial charge < -0.3 is 5.32 Å². The fraction of sp³-hybridized carbons (Fsp3) is 0.938. The third-order valence-electron chi connectivity index (χ3n) is 5.64. The van der Waals surface area contributed by atoms with Crippen molar-refractivity contribution in [3.63, 3.8) is 0 Å². The van der Waals surface area contributed by atoms with Gasteiger partial charge in [-0.2, -0.15) is 0 Å². The summed E-state index contributed by atoms with van der Waals surface area (Å²) in [6.45, 7) is 5.05. The van der Waals surface area contributed by atoms with Gasteiger partial charge in [0.2, 0.25) is 5.91 Å². The van der Waals surface area contributed by atoms with E-state index in [9.17, 15) is 4.79 Å². The number of halogens is 1. The maximum atomic E-state index is 12.1. The topological polar surface area (TPSA) is 32.3 Å². The Labute approximate surface area is 129 Å². The zero-order chi connectivity index (χ0) is 13.2. The van der Waals surface area contributed by atoms with Crippen molar-refractivity contribution in [1.82, 2.24) is 10.2 Å². The number of carbonyl (C=O) groups excluding carboxylic acids is 1. The lowest BCUT2D eigenvalue weighted by atomic mass is 9.84. The summed E-state index contributed by atoms with van der Waals surface area (Å²) in [5.74, 6) is 2.87. The lowest BCUT2D eigenvalue weighted by Gasteiger charge is -2.30. The Morgan fingerprint density at radius 3 is 2.55 bits per heavy atom. The van der Waals surface area contributed by atoms with Gasteiger partial charge in [-0.3, -0.25) is 9.69 Å². The van der Waals surface area contributed by atoms with Crippen LogP contribution in [0.1, 0.15) is 51.9 Å². The first-order valence-electron chi connectivity index (χ1n) is 8.24. The van der Waals surface area contributed by atoms with Gasteiger partial charge in [-0.05, 0) is 69.9 Å². The van der Waals surface area contributed by atoms with E-state index in [1.54, 1.807) is 0 Å². The highest BCUT2D eigenvalue weighted by Crippen LogP contribution is 2.49. The SMILES string of the molecule is CC(NC(=O)CN1CCCCC1)C1CC2CCC1C2.Cl. The Kier molecular flexibility index (Phi) is 5.74. The maximum Gasteiger partial charge on any atom is 0.234 e. The zero-order valence-corrected chi connectivity index (χ0v) is 13.5. The van der Waals surface area contributed by atoms with Crippen LogP contribution in [0.15, 0.2) is 0 Å². The number of hydrogen-bond acceptors (Lipinski definition) is 2. The summed E-state index contributed by atoms with van der Waals surface area (Å²) >= 11 is 0. The van der Waals surface area contributed by atoms with E-state index in [1.807, 2.05) is 0 Å². The Bertz CT molecular complexity index is 330. The number of rotatable bonds is 4. The Morgan fingerprint density at radius 1 is 1.20 bits per heavy atom. The predicted molar refractivity (Wildman–Crippen MR) is 84.1 cm³/mol. The van der Waals surface area contributed by atoms with Crippen LogP contribution in [-0.2, 0) is 4.79 Å². The van der Waals surface area contributed by atoms with E-state index in [1.165, 1.54) is 44.9 Å². The normalized spacial score (nSPS) is 34.5. The highest BCUT2D eigenvalue weighted by molar-refractivity contribution is 5.85. The second-order valence-corrected chi connectivity index (χ2v) is 7.03. The lowest BCUT2D eigenvalue weighted by Crippen LogP contribution is -2.45. The molecule has 1 amide bonds. The number of nitrogens with one attached hydrogen (secondary N) is 1. The Hall–Kier alpha value is -0.280. The second kappa shape index (κ2) is 7.13. The lowest BCUT2D eigenvalue weighted by molar-refractivity contribution is -0.123. The quantitative estimate of drug-likeness (QED) is 0.866. The molecule has 0 spiro atoms. The molecule has 4 atom stereocenters. The van der Waals surface area contributed by atoms with Crippen molar-refractivity contribution < 1.29 is 4.79 Å². The number of piperidine rings is 1. The minimum Gasteiger partial charge on any atom is -0.352 e. The van der Waals surface area contributed by atoms with Crippen LogP contribution in [0.3, 0.4) is 0 Å². The molecule has 4 unspecified atom stereocenters. The van der Waals surface area contributed by atoms with Crippen LogP contribution >= 0.6 is 12.4 Å². The van der Waals surface area contributed by atoms with Crippen molar-refractivity contribution in [2.24, 2.45) is 17.8 Å². The molecule has 20 heavy (non-hydrogen) atoms. The first kappa shape index (κ1) is 16.1. The number of carbonyl (C=O) groups is 1. The molecule has 0 aromatic heterocycles. The first-order chi connectivity index (χ1) is 9.22. The largest absolute Gasteiger partial charge is 0.352 e. The molecule has 1 saturated heterocycles. The van der Waals surface area contributed by atoms with Crippen LogP contribution < -0.4 is 5.32 Å². The second-order valence-electron chi connectivity index (χ2n) is 7.03. The fourth-order valence-corrected chi connectivity index (χ4v) is 4.63. The molecule has 1 N–H and O–H groups in total. The Balaban J connectivity index is 0.00000147. The molecule has 0 aromatic carbocycles. The van der Waals surface area contributed by atoms with Crippen LogP contribution in [0.25, 0.3) is 0 Å². The molecule has 3 nitrogen and oxygen atoms in total. The summed E-state index contributed by atoms with van der Waals surface area (Å²) in [5.41, 5.74) is 0. The molecule has 1 heterocycles. The molecule has 3 rings (SSSR count). The molecule has 2 saturated carbocycles. The van der Waals surface area contributed by atoms with Gasteiger partial charge in [0.25, 0.3) is 0 Å². The fourth-order valence-electron chi connectivity index (χ4n) is 4.63. The first-order valence-corrected chi connectivity index (χ1v) is 8.24. The summed E-state index contributed by atoms with van der Waals surface area (Å²) < 4.78 is 0. The molecular formula is C16H29ClN2O. The molecule has 0 aromatic rings. The minimum absolute atomic E-state index is 0. The van der Waals surface area contributed by atoms with Crippen molar-refractivity contribution in [1.29, 1.82) is 0 Å². The van der Waals surface area contributed by atoms with E-state index in [2.05, 4.69) is 17.1 Å². The minimum atomic E-state index is 0. The number of nitrogens with zero attached hydrogens (tertiary/aromatic N) is 1. The van der Waals surface area contributed by atoms with E-state index >= 15 is 0 Å². The van der Waals surface area contributed by atoms with Gasteiger partial charge in [-0.15, -0.1) is 12.4 Å². The molecule has 1 aliphatic heterocycles. The van der Waals surface area contributed by atoms with Gasteiger partial charge in [0.05, 0.1) is 6.54 Å². The zero-order valence-electron chi connectivity index (χ0n) is 12.6. The standard InChI is InChI=1S/C16H28N2O.ClH/c1-12(15-10-13-5-6-14(15)9-13)17-16(19)11-18-7-3-2-4-8-18;/h12-15H,2-11H2,1H3,(H,17,19);1H. The summed E-state index contributed by atoms with van der Waals surface area (Å²) in [7, 11) is 0. The average Bonchev–Trinajstić information content (AvgIpc) is 3.02. The molecule has 0 radical (unpaired) electrons. The van der Waals surface area contributed by atoms with Crippen molar-refractivity contribution in [3.8, 4) is 0 Å². The van der Waals surface area contributed by atoms with E-state index in [0.717, 1.165) is 30.8 Å². The van der Waals surface area contributed by atoms with Gasteiger partial charge in [0.15, 0.2) is 0 Å². The van der Waals surface area contributed by atoms with Gasteiger partial charge in [0, 0.05) is 6.04 Å². The highest BCUT2D eigenvalue weighted by Gasteiger charge is 2.42. The molecule has 4 heteroatoms. The third-order valence-corrected chi connectivity index (χ3v) is 5.64. The molecule has 116 valence electrons. The van der Waals surface area contributed by atoms with Gasteiger partial charge in [-0.25, -0.2) is 0 Å². The molecule has 3 aliphatic rings. The average molecular weight is 301 g/mol. The van der Waals surface area contributed by atoms with Crippen LogP contribution in [-0.4, -0.2) is 36.5 Å². The summed E-state index contributed by atoms with van der Waals surface area (Å²) in [5, 5.41) is 3.27. The summed E-state index contributed by atoms with van der Waals surface area (Å²) in [6.07, 6.45) is 9.48. The Morgan fingerprint density at radius 2 is 1.95 bits per heavy atom. The van der Waals surface area contributed by atoms with Crippen molar-refractivity contribution in [2.75, 3.05) is 19.6 Å². The van der Waals surface area contributed by atoms with Crippen LogP contribution in [0.4, 0.5) is 0 Å². The van der Waals surface area contributed by atoms with E-state index < -0.39 is 0 Å². The molecule has 2 bridgehead atoms. The van der Waals surface area contributed by atoms with Crippen molar-refractivity contribution >= 4 is 18.3 Å². The number of likely N-dealkylation sites (tertiary alicyclic amines) is 1. The predicted octanol–water partition coefficient (Wildman–Crippen LogP) is 2.84. The molecular weight excluding hydrogens is 272 g/mol. The van der Waals surface area contributed by atoms with Crippen molar-refractivity contribution in [3.05, 3.63) is 0 Å². The molecule has 3 fully saturated rings. The van der Waals surface area contributed by atoms with Gasteiger partial charge in [-0.1, -0.05) is 12.8 Å². The third kappa shape index (κ3) is 3.67. The van der Waals surface area contributed by atoms with Crippen LogP contribution in [0.2, 0.25) is 0 Å². The molecule has 2 aliphatic carbocycles. The number of amides is 1. The highest BCUT2D eigenvalue weighted by atomic mass is 35.5. The van der Waals surface area contributed by atoms with Crippen LogP contribution in [0.5, 0.6) is 0 Å². The summed E-state index contributed by atoms with van der Waals surface area (Å²) in [4.78, 5) is 14.4. The van der Waals surface area contributed by atoms with Crippen molar-refractivity contribution in [2.45, 2.75) is 57.9 Å². The van der Waals surface area contributed by atoms with Gasteiger partial charge in [0.1, 0.15) is 0 Å². The number of fused-ring (bicyclic) bond motifs is 2. The van der Waals surface area contributed by atoms with Crippen LogP contribution in [0, 0.1) is 17.8 Å². The monoisotopic (exact) mass is 300 g/mol. The van der Waals surface area contributed by atoms with E-state index in [0.29, 0.717) is 12.6 Å². The van der Waals surface area contributed by atoms with Gasteiger partial charge >= 0.3 is 0 Å². The maximum absolute atomic E-state index is 12.1. The number of hydrogen-bond donors (Lipinski definition) is 1. The summed E-state index contributed by atoms with van der Waals surface area (Å²) in [6, 6.07) is 0.382. The van der Waals surface area contributed by atoms with E-state index in [4.69, 9.17) is 0 Å². The van der Waals surface area contributed by atoms with E-state index in [-0.39, 0.29) is 18.3 Å².